The van der Waals surface area contributed by atoms with E-state index < -0.39 is 9.84 Å². The molecule has 0 saturated heterocycles. The second-order valence-electron chi connectivity index (χ2n) is 8.71. The van der Waals surface area contributed by atoms with Crippen LogP contribution >= 0.6 is 23.2 Å². The number of rotatable bonds is 8. The molecule has 0 amide bonds. The Morgan fingerprint density at radius 3 is 2.53 bits per heavy atom. The van der Waals surface area contributed by atoms with E-state index in [0.717, 1.165) is 39.1 Å². The van der Waals surface area contributed by atoms with Crippen molar-refractivity contribution < 1.29 is 13.2 Å². The van der Waals surface area contributed by atoms with Gasteiger partial charge in [-0.1, -0.05) is 35.3 Å². The quantitative estimate of drug-likeness (QED) is 0.205. The lowest BCUT2D eigenvalue weighted by Crippen LogP contribution is -2.02. The van der Waals surface area contributed by atoms with E-state index in [1.165, 1.54) is 6.26 Å². The molecule has 5 rings (SSSR count). The molecule has 3 aromatic heterocycles. The summed E-state index contributed by atoms with van der Waals surface area (Å²) in [5.41, 5.74) is 5.26. The van der Waals surface area contributed by atoms with Crippen LogP contribution in [0.1, 0.15) is 11.3 Å². The minimum Gasteiger partial charge on any atom is -0.486 e. The highest BCUT2D eigenvalue weighted by molar-refractivity contribution is 7.89. The standard InChI is InChI=1S/C28H22Cl2N4O3S/c1-38(35,36)17-20-12-19(15-33-28(20)30)18-5-7-25-23(13-18)26(9-11-32-25)34-21-6-8-27(24(29)14-21)37-16-22-4-2-3-10-31-22/h2-15H,16-17H2,1H3,(H,32,34). The number of pyridine rings is 3. The number of aromatic nitrogens is 3. The molecule has 38 heavy (non-hydrogen) atoms. The average Bonchev–Trinajstić information content (AvgIpc) is 2.89. The predicted molar refractivity (Wildman–Crippen MR) is 152 cm³/mol. The van der Waals surface area contributed by atoms with Crippen molar-refractivity contribution in [3.63, 3.8) is 0 Å². The Labute approximate surface area is 230 Å². The van der Waals surface area contributed by atoms with Crippen molar-refractivity contribution in [1.29, 1.82) is 0 Å². The van der Waals surface area contributed by atoms with Crippen LogP contribution in [0.2, 0.25) is 10.2 Å². The molecular formula is C28H22Cl2N4O3S. The molecule has 1 N–H and O–H groups in total. The molecule has 0 aliphatic carbocycles. The minimum absolute atomic E-state index is 0.174. The molecular weight excluding hydrogens is 543 g/mol. The molecule has 0 atom stereocenters. The molecule has 0 saturated carbocycles. The highest BCUT2D eigenvalue weighted by Gasteiger charge is 2.13. The molecule has 0 aliphatic heterocycles. The zero-order chi connectivity index (χ0) is 26.7. The number of nitrogens with zero attached hydrogens (tertiary/aromatic N) is 3. The Bertz CT molecular complexity index is 1730. The second kappa shape index (κ2) is 10.9. The van der Waals surface area contributed by atoms with Gasteiger partial charge in [-0.25, -0.2) is 13.4 Å². The van der Waals surface area contributed by atoms with E-state index in [1.54, 1.807) is 30.7 Å². The fraction of sp³-hybridized carbons (Fsp3) is 0.107. The summed E-state index contributed by atoms with van der Waals surface area (Å²) in [7, 11) is -3.27. The maximum atomic E-state index is 11.8. The lowest BCUT2D eigenvalue weighted by Gasteiger charge is -2.13. The van der Waals surface area contributed by atoms with Crippen LogP contribution in [0.5, 0.6) is 5.75 Å². The summed E-state index contributed by atoms with van der Waals surface area (Å²) in [5, 5.41) is 4.92. The predicted octanol–water partition coefficient (Wildman–Crippen LogP) is 6.87. The monoisotopic (exact) mass is 564 g/mol. The van der Waals surface area contributed by atoms with Gasteiger partial charge < -0.3 is 10.1 Å². The fourth-order valence-corrected chi connectivity index (χ4v) is 5.23. The van der Waals surface area contributed by atoms with Crippen molar-refractivity contribution in [1.82, 2.24) is 15.0 Å². The number of benzene rings is 2. The maximum Gasteiger partial charge on any atom is 0.151 e. The summed E-state index contributed by atoms with van der Waals surface area (Å²) >= 11 is 12.7. The van der Waals surface area contributed by atoms with E-state index in [0.29, 0.717) is 22.9 Å². The van der Waals surface area contributed by atoms with E-state index in [4.69, 9.17) is 27.9 Å². The molecule has 0 aliphatic rings. The third-order valence-electron chi connectivity index (χ3n) is 5.72. The first-order valence-electron chi connectivity index (χ1n) is 11.6. The molecule has 0 fully saturated rings. The molecule has 192 valence electrons. The SMILES string of the molecule is CS(=O)(=O)Cc1cc(-c2ccc3nccc(Nc4ccc(OCc5ccccn5)c(Cl)c4)c3c2)cnc1Cl. The van der Waals surface area contributed by atoms with Gasteiger partial charge in [-0.3, -0.25) is 9.97 Å². The van der Waals surface area contributed by atoms with Crippen LogP contribution in [-0.4, -0.2) is 29.6 Å². The molecule has 10 heteroatoms. The Kier molecular flexibility index (Phi) is 7.46. The number of anilines is 2. The van der Waals surface area contributed by atoms with Gasteiger partial charge in [0.05, 0.1) is 22.0 Å². The van der Waals surface area contributed by atoms with Gasteiger partial charge in [0.25, 0.3) is 0 Å². The normalized spacial score (nSPS) is 11.4. The van der Waals surface area contributed by atoms with Crippen LogP contribution in [0.15, 0.2) is 85.3 Å². The zero-order valence-corrected chi connectivity index (χ0v) is 22.6. The number of hydrogen-bond donors (Lipinski definition) is 1. The third kappa shape index (κ3) is 6.22. The van der Waals surface area contributed by atoms with E-state index in [2.05, 4.69) is 20.3 Å². The fourth-order valence-electron chi connectivity index (χ4n) is 3.96. The number of nitrogens with one attached hydrogen (secondary N) is 1. The molecule has 3 heterocycles. The van der Waals surface area contributed by atoms with Crippen LogP contribution in [-0.2, 0) is 22.2 Å². The second-order valence-corrected chi connectivity index (χ2v) is 11.6. The molecule has 2 aromatic carbocycles. The Hall–Kier alpha value is -3.72. The average molecular weight is 565 g/mol. The largest absolute Gasteiger partial charge is 0.486 e. The van der Waals surface area contributed by atoms with E-state index >= 15 is 0 Å². The topological polar surface area (TPSA) is 94.1 Å². The van der Waals surface area contributed by atoms with E-state index in [1.807, 2.05) is 54.6 Å². The van der Waals surface area contributed by atoms with Gasteiger partial charge in [0.1, 0.15) is 17.5 Å². The summed E-state index contributed by atoms with van der Waals surface area (Å²) < 4.78 is 29.5. The van der Waals surface area contributed by atoms with Gasteiger partial charge in [-0.15, -0.1) is 0 Å². The van der Waals surface area contributed by atoms with Gasteiger partial charge in [0.15, 0.2) is 9.84 Å². The van der Waals surface area contributed by atoms with Crippen molar-refractivity contribution in [2.75, 3.05) is 11.6 Å². The Morgan fingerprint density at radius 1 is 0.895 bits per heavy atom. The molecule has 7 nitrogen and oxygen atoms in total. The van der Waals surface area contributed by atoms with Gasteiger partial charge in [-0.2, -0.15) is 0 Å². The van der Waals surface area contributed by atoms with E-state index in [9.17, 15) is 8.42 Å². The number of halogens is 2. The molecule has 5 aromatic rings. The summed E-state index contributed by atoms with van der Waals surface area (Å²) in [4.78, 5) is 12.9. The van der Waals surface area contributed by atoms with Gasteiger partial charge in [-0.05, 0) is 60.2 Å². The van der Waals surface area contributed by atoms with E-state index in [-0.39, 0.29) is 10.9 Å². The van der Waals surface area contributed by atoms with Gasteiger partial charge in [0, 0.05) is 52.7 Å². The Balaban J connectivity index is 1.41. The number of hydrogen-bond acceptors (Lipinski definition) is 7. The van der Waals surface area contributed by atoms with Crippen molar-refractivity contribution >= 4 is 55.3 Å². The summed E-state index contributed by atoms with van der Waals surface area (Å²) in [6, 6.07) is 20.6. The smallest absolute Gasteiger partial charge is 0.151 e. The molecule has 0 radical (unpaired) electrons. The first-order valence-corrected chi connectivity index (χ1v) is 14.4. The van der Waals surface area contributed by atoms with Crippen LogP contribution < -0.4 is 10.1 Å². The molecule has 0 unspecified atom stereocenters. The van der Waals surface area contributed by atoms with Gasteiger partial charge >= 0.3 is 0 Å². The van der Waals surface area contributed by atoms with Crippen LogP contribution in [0.4, 0.5) is 11.4 Å². The zero-order valence-electron chi connectivity index (χ0n) is 20.2. The van der Waals surface area contributed by atoms with Crippen molar-refractivity contribution in [3.05, 3.63) is 107 Å². The van der Waals surface area contributed by atoms with Crippen molar-refractivity contribution in [2.45, 2.75) is 12.4 Å². The first-order chi connectivity index (χ1) is 18.2. The number of fused-ring (bicyclic) bond motifs is 1. The Morgan fingerprint density at radius 2 is 1.76 bits per heavy atom. The summed E-state index contributed by atoms with van der Waals surface area (Å²) in [6.07, 6.45) is 6.24. The van der Waals surface area contributed by atoms with Crippen LogP contribution in [0.25, 0.3) is 22.0 Å². The van der Waals surface area contributed by atoms with Crippen LogP contribution in [0.3, 0.4) is 0 Å². The minimum atomic E-state index is -3.27. The summed E-state index contributed by atoms with van der Waals surface area (Å²) in [5.74, 6) is 0.376. The lowest BCUT2D eigenvalue weighted by molar-refractivity contribution is 0.301. The highest BCUT2D eigenvalue weighted by atomic mass is 35.5. The van der Waals surface area contributed by atoms with Crippen molar-refractivity contribution in [3.8, 4) is 16.9 Å². The van der Waals surface area contributed by atoms with Gasteiger partial charge in [0.2, 0.25) is 0 Å². The number of ether oxygens (including phenoxy) is 1. The molecule has 0 bridgehead atoms. The summed E-state index contributed by atoms with van der Waals surface area (Å²) in [6.45, 7) is 0.316. The third-order valence-corrected chi connectivity index (χ3v) is 7.19. The molecule has 0 spiro atoms. The maximum absolute atomic E-state index is 11.8. The van der Waals surface area contributed by atoms with Crippen LogP contribution in [0, 0.1) is 0 Å². The number of sulfone groups is 1. The highest BCUT2D eigenvalue weighted by Crippen LogP contribution is 2.33. The first kappa shape index (κ1) is 25.9. The lowest BCUT2D eigenvalue weighted by atomic mass is 10.0. The van der Waals surface area contributed by atoms with Crippen molar-refractivity contribution in [2.24, 2.45) is 0 Å².